The molecule has 0 unspecified atom stereocenters. The Morgan fingerprint density at radius 1 is 1.00 bits per heavy atom. The Morgan fingerprint density at radius 2 is 1.61 bits per heavy atom. The number of benzene rings is 2. The summed E-state index contributed by atoms with van der Waals surface area (Å²) in [6.07, 6.45) is 1.95. The summed E-state index contributed by atoms with van der Waals surface area (Å²) in [7, 11) is 0. The van der Waals surface area contributed by atoms with Gasteiger partial charge < -0.3 is 14.9 Å². The van der Waals surface area contributed by atoms with E-state index in [-0.39, 0.29) is 11.8 Å². The van der Waals surface area contributed by atoms with E-state index in [2.05, 4.69) is 34.7 Å². The molecule has 2 aliphatic rings. The van der Waals surface area contributed by atoms with Crippen molar-refractivity contribution in [1.82, 2.24) is 5.32 Å². The molecule has 1 atom stereocenters. The average molecular weight is 378 g/mol. The molecule has 2 aromatic carbocycles. The van der Waals surface area contributed by atoms with E-state index in [4.69, 9.17) is 9.57 Å². The number of hydrogen-bond acceptors (Lipinski definition) is 4. The number of carbonyl (C=O) groups is 1. The molecule has 1 amide bonds. The Bertz CT molecular complexity index is 762. The molecule has 5 nitrogen and oxygen atoms in total. The number of oxime groups is 1. The van der Waals surface area contributed by atoms with Crippen LogP contribution in [0, 0.1) is 5.92 Å². The molecule has 0 spiro atoms. The third kappa shape index (κ3) is 4.42. The lowest BCUT2D eigenvalue weighted by Crippen LogP contribution is -2.39. The maximum absolute atomic E-state index is 12.6. The monoisotopic (exact) mass is 378 g/mol. The van der Waals surface area contributed by atoms with Crippen LogP contribution in [-0.2, 0) is 14.4 Å². The van der Waals surface area contributed by atoms with Crippen molar-refractivity contribution in [2.45, 2.75) is 31.3 Å². The zero-order valence-corrected chi connectivity index (χ0v) is 15.9. The number of nitrogens with zero attached hydrogens (tertiary/aromatic N) is 1. The van der Waals surface area contributed by atoms with Gasteiger partial charge in [-0.25, -0.2) is 0 Å². The summed E-state index contributed by atoms with van der Waals surface area (Å²) in [5.74, 6) is 0.404. The minimum absolute atomic E-state index is 0.00399. The Morgan fingerprint density at radius 3 is 2.21 bits per heavy atom. The quantitative estimate of drug-likeness (QED) is 0.837. The third-order valence-electron chi connectivity index (χ3n) is 5.49. The van der Waals surface area contributed by atoms with E-state index < -0.39 is 6.10 Å². The van der Waals surface area contributed by atoms with Gasteiger partial charge in [0.25, 0.3) is 5.91 Å². The summed E-state index contributed by atoms with van der Waals surface area (Å²) in [5.41, 5.74) is 3.20. The normalized spacial score (nSPS) is 19.9. The fourth-order valence-electron chi connectivity index (χ4n) is 3.88. The summed E-state index contributed by atoms with van der Waals surface area (Å²) in [4.78, 5) is 18.1. The SMILES string of the molecule is O=C(NCC1CCOCC1)[C@H]1CC(C(c2ccccc2)c2ccccc2)=NO1. The van der Waals surface area contributed by atoms with Gasteiger partial charge in [0.2, 0.25) is 6.10 Å². The second-order valence-corrected chi connectivity index (χ2v) is 7.44. The second kappa shape index (κ2) is 9.02. The summed E-state index contributed by atoms with van der Waals surface area (Å²) in [5, 5.41) is 7.36. The number of ether oxygens (including phenoxy) is 1. The van der Waals surface area contributed by atoms with Crippen molar-refractivity contribution in [3.63, 3.8) is 0 Å². The molecule has 28 heavy (non-hydrogen) atoms. The molecule has 1 fully saturated rings. The first kappa shape index (κ1) is 18.7. The smallest absolute Gasteiger partial charge is 0.264 e. The first-order valence-corrected chi connectivity index (χ1v) is 9.99. The van der Waals surface area contributed by atoms with Gasteiger partial charge >= 0.3 is 0 Å². The number of hydrogen-bond donors (Lipinski definition) is 1. The van der Waals surface area contributed by atoms with Crippen LogP contribution in [0.4, 0.5) is 0 Å². The Kier molecular flexibility index (Phi) is 6.02. The molecule has 5 heteroatoms. The number of amides is 1. The average Bonchev–Trinajstić information content (AvgIpc) is 3.24. The van der Waals surface area contributed by atoms with E-state index in [0.29, 0.717) is 18.9 Å². The Balaban J connectivity index is 1.42. The molecular formula is C23H26N2O3. The van der Waals surface area contributed by atoms with E-state index in [1.54, 1.807) is 0 Å². The van der Waals surface area contributed by atoms with Gasteiger partial charge in [-0.05, 0) is 29.9 Å². The topological polar surface area (TPSA) is 59.9 Å². The highest BCUT2D eigenvalue weighted by Gasteiger charge is 2.33. The Hall–Kier alpha value is -2.66. The minimum Gasteiger partial charge on any atom is -0.382 e. The van der Waals surface area contributed by atoms with Crippen LogP contribution in [0.25, 0.3) is 0 Å². The van der Waals surface area contributed by atoms with E-state index in [0.717, 1.165) is 42.9 Å². The number of carbonyl (C=O) groups excluding carboxylic acids is 1. The molecule has 4 rings (SSSR count). The molecule has 2 aliphatic heterocycles. The molecule has 0 saturated carbocycles. The molecule has 2 heterocycles. The summed E-state index contributed by atoms with van der Waals surface area (Å²) < 4.78 is 5.38. The van der Waals surface area contributed by atoms with Gasteiger partial charge in [0.05, 0.1) is 11.6 Å². The van der Waals surface area contributed by atoms with Crippen LogP contribution in [0.1, 0.15) is 36.3 Å². The fraction of sp³-hybridized carbons (Fsp3) is 0.391. The van der Waals surface area contributed by atoms with E-state index >= 15 is 0 Å². The maximum atomic E-state index is 12.6. The second-order valence-electron chi connectivity index (χ2n) is 7.44. The summed E-state index contributed by atoms with van der Waals surface area (Å²) in [6, 6.07) is 20.5. The van der Waals surface area contributed by atoms with Crippen LogP contribution in [-0.4, -0.2) is 37.5 Å². The fourth-order valence-corrected chi connectivity index (χ4v) is 3.88. The lowest BCUT2D eigenvalue weighted by molar-refractivity contribution is -0.131. The van der Waals surface area contributed by atoms with Crippen molar-refractivity contribution in [2.24, 2.45) is 11.1 Å². The Labute approximate surface area is 165 Å². The van der Waals surface area contributed by atoms with Gasteiger partial charge in [0.1, 0.15) is 0 Å². The van der Waals surface area contributed by atoms with Crippen LogP contribution in [0.5, 0.6) is 0 Å². The van der Waals surface area contributed by atoms with Crippen LogP contribution >= 0.6 is 0 Å². The molecule has 1 saturated heterocycles. The molecule has 0 radical (unpaired) electrons. The van der Waals surface area contributed by atoms with Gasteiger partial charge in [-0.3, -0.25) is 4.79 Å². The molecule has 2 aromatic rings. The van der Waals surface area contributed by atoms with Gasteiger partial charge in [-0.2, -0.15) is 0 Å². The molecule has 146 valence electrons. The third-order valence-corrected chi connectivity index (χ3v) is 5.49. The van der Waals surface area contributed by atoms with Crippen molar-refractivity contribution in [3.05, 3.63) is 71.8 Å². The molecule has 0 aliphatic carbocycles. The van der Waals surface area contributed by atoms with E-state index in [9.17, 15) is 4.79 Å². The first-order valence-electron chi connectivity index (χ1n) is 9.99. The highest BCUT2D eigenvalue weighted by atomic mass is 16.6. The first-order chi connectivity index (χ1) is 13.8. The molecule has 0 aromatic heterocycles. The molecular weight excluding hydrogens is 352 g/mol. The van der Waals surface area contributed by atoms with Gasteiger partial charge in [-0.1, -0.05) is 65.8 Å². The lowest BCUT2D eigenvalue weighted by atomic mass is 9.85. The zero-order chi connectivity index (χ0) is 19.2. The summed E-state index contributed by atoms with van der Waals surface area (Å²) in [6.45, 7) is 2.24. The zero-order valence-electron chi connectivity index (χ0n) is 15.9. The predicted molar refractivity (Wildman–Crippen MR) is 108 cm³/mol. The maximum Gasteiger partial charge on any atom is 0.264 e. The summed E-state index contributed by atoms with van der Waals surface area (Å²) >= 11 is 0. The standard InChI is InChI=1S/C23H26N2O3/c26-23(24-16-17-11-13-27-14-12-17)21-15-20(25-28-21)22(18-7-3-1-4-8-18)19-9-5-2-6-10-19/h1-10,17,21-22H,11-16H2,(H,24,26)/t21-/m1/s1. The predicted octanol–water partition coefficient (Wildman–Crippen LogP) is 3.51. The van der Waals surface area contributed by atoms with Crippen LogP contribution in [0.15, 0.2) is 65.8 Å². The van der Waals surface area contributed by atoms with Crippen molar-refractivity contribution >= 4 is 11.6 Å². The van der Waals surface area contributed by atoms with Crippen LogP contribution in [0.3, 0.4) is 0 Å². The van der Waals surface area contributed by atoms with E-state index in [1.807, 2.05) is 36.4 Å². The lowest BCUT2D eigenvalue weighted by Gasteiger charge is -2.22. The molecule has 1 N–H and O–H groups in total. The van der Waals surface area contributed by atoms with Crippen molar-refractivity contribution in [3.8, 4) is 0 Å². The van der Waals surface area contributed by atoms with Gasteiger partial charge in [-0.15, -0.1) is 0 Å². The van der Waals surface area contributed by atoms with E-state index in [1.165, 1.54) is 0 Å². The van der Waals surface area contributed by atoms with Crippen LogP contribution < -0.4 is 5.32 Å². The van der Waals surface area contributed by atoms with Crippen molar-refractivity contribution in [1.29, 1.82) is 0 Å². The minimum atomic E-state index is -0.551. The number of rotatable bonds is 6. The van der Waals surface area contributed by atoms with Crippen molar-refractivity contribution < 1.29 is 14.4 Å². The highest BCUT2D eigenvalue weighted by Crippen LogP contribution is 2.31. The molecule has 0 bridgehead atoms. The van der Waals surface area contributed by atoms with Crippen LogP contribution in [0.2, 0.25) is 0 Å². The van der Waals surface area contributed by atoms with Gasteiger partial charge in [0, 0.05) is 26.2 Å². The number of nitrogens with one attached hydrogen (secondary N) is 1. The van der Waals surface area contributed by atoms with Crippen molar-refractivity contribution in [2.75, 3.05) is 19.8 Å². The van der Waals surface area contributed by atoms with Gasteiger partial charge in [0.15, 0.2) is 0 Å². The highest BCUT2D eigenvalue weighted by molar-refractivity contribution is 5.98. The largest absolute Gasteiger partial charge is 0.382 e.